The van der Waals surface area contributed by atoms with E-state index in [0.717, 1.165) is 19.6 Å². The molecule has 0 aliphatic heterocycles. The second-order valence-electron chi connectivity index (χ2n) is 4.89. The zero-order chi connectivity index (χ0) is 12.4. The topological polar surface area (TPSA) is 41.5 Å². The third-order valence-corrected chi connectivity index (χ3v) is 2.77. The van der Waals surface area contributed by atoms with Gasteiger partial charge in [0.15, 0.2) is 0 Å². The number of unbranched alkanes of at least 4 members (excludes halogenated alkanes) is 1. The van der Waals surface area contributed by atoms with Gasteiger partial charge in [0.2, 0.25) is 0 Å². The van der Waals surface area contributed by atoms with E-state index in [1.165, 1.54) is 19.3 Å². The highest BCUT2D eigenvalue weighted by molar-refractivity contribution is 4.69. The van der Waals surface area contributed by atoms with Crippen LogP contribution in [0.5, 0.6) is 0 Å². The molecule has 0 saturated carbocycles. The highest BCUT2D eigenvalue weighted by atomic mass is 16.5. The molecule has 3 atom stereocenters. The molecule has 0 heterocycles. The van der Waals surface area contributed by atoms with Gasteiger partial charge in [0, 0.05) is 13.2 Å². The molecule has 0 rings (SSSR count). The van der Waals surface area contributed by atoms with E-state index in [-0.39, 0.29) is 6.10 Å². The molecule has 3 unspecified atom stereocenters. The molecule has 0 bridgehead atoms. The Morgan fingerprint density at radius 3 is 2.50 bits per heavy atom. The number of hydrogen-bond acceptors (Lipinski definition) is 3. The first kappa shape index (κ1) is 15.9. The molecule has 98 valence electrons. The van der Waals surface area contributed by atoms with Crippen LogP contribution in [0.15, 0.2) is 0 Å². The van der Waals surface area contributed by atoms with Crippen LogP contribution in [0.2, 0.25) is 0 Å². The molecule has 0 aromatic rings. The molecule has 16 heavy (non-hydrogen) atoms. The summed E-state index contributed by atoms with van der Waals surface area (Å²) in [5.41, 5.74) is 0. The van der Waals surface area contributed by atoms with Crippen LogP contribution in [0.25, 0.3) is 0 Å². The summed E-state index contributed by atoms with van der Waals surface area (Å²) < 4.78 is 5.20. The quantitative estimate of drug-likeness (QED) is 0.605. The maximum absolute atomic E-state index is 9.28. The second-order valence-corrected chi connectivity index (χ2v) is 4.89. The van der Waals surface area contributed by atoms with Crippen molar-refractivity contribution in [1.29, 1.82) is 0 Å². The second kappa shape index (κ2) is 10.1. The fraction of sp³-hybridized carbons (Fsp3) is 1.00. The van der Waals surface area contributed by atoms with E-state index in [2.05, 4.69) is 19.2 Å². The maximum atomic E-state index is 9.28. The zero-order valence-electron chi connectivity index (χ0n) is 11.3. The molecule has 0 aromatic carbocycles. The van der Waals surface area contributed by atoms with Gasteiger partial charge in [-0.3, -0.25) is 0 Å². The van der Waals surface area contributed by atoms with Gasteiger partial charge in [-0.1, -0.05) is 26.7 Å². The van der Waals surface area contributed by atoms with Gasteiger partial charge in [-0.25, -0.2) is 0 Å². The molecular weight excluding hydrogens is 202 g/mol. The summed E-state index contributed by atoms with van der Waals surface area (Å²) in [5.74, 6) is 0.515. The zero-order valence-corrected chi connectivity index (χ0v) is 11.3. The number of rotatable bonds is 10. The molecule has 3 nitrogen and oxygen atoms in total. The van der Waals surface area contributed by atoms with Gasteiger partial charge in [0.1, 0.15) is 0 Å². The third kappa shape index (κ3) is 9.13. The van der Waals surface area contributed by atoms with Crippen LogP contribution in [-0.2, 0) is 4.74 Å². The van der Waals surface area contributed by atoms with Crippen molar-refractivity contribution < 1.29 is 9.84 Å². The molecule has 0 aliphatic carbocycles. The largest absolute Gasteiger partial charge is 0.393 e. The van der Waals surface area contributed by atoms with Crippen LogP contribution >= 0.6 is 0 Å². The van der Waals surface area contributed by atoms with Crippen molar-refractivity contribution in [1.82, 2.24) is 5.32 Å². The molecular formula is C13H29NO2. The summed E-state index contributed by atoms with van der Waals surface area (Å²) in [6, 6.07) is 0.460. The van der Waals surface area contributed by atoms with Gasteiger partial charge in [0.25, 0.3) is 0 Å². The number of methoxy groups -OCH3 is 1. The molecule has 0 radical (unpaired) electrons. The minimum Gasteiger partial charge on any atom is -0.393 e. The van der Waals surface area contributed by atoms with E-state index < -0.39 is 0 Å². The standard InChI is InChI=1S/C13H29NO2/c1-5-6-7-13(10-16-4)14-9-11(2)8-12(3)15/h11-15H,5-10H2,1-4H3. The lowest BCUT2D eigenvalue weighted by molar-refractivity contribution is 0.146. The molecule has 0 saturated heterocycles. The van der Waals surface area contributed by atoms with Crippen molar-refractivity contribution in [2.75, 3.05) is 20.3 Å². The number of hydrogen-bond donors (Lipinski definition) is 2. The smallest absolute Gasteiger partial charge is 0.0615 e. The Morgan fingerprint density at radius 1 is 1.31 bits per heavy atom. The van der Waals surface area contributed by atoms with Crippen LogP contribution in [0.3, 0.4) is 0 Å². The molecule has 0 spiro atoms. The van der Waals surface area contributed by atoms with Gasteiger partial charge < -0.3 is 15.2 Å². The molecule has 0 fully saturated rings. The van der Waals surface area contributed by atoms with Gasteiger partial charge in [-0.15, -0.1) is 0 Å². The first-order valence-electron chi connectivity index (χ1n) is 6.50. The fourth-order valence-electron chi connectivity index (χ4n) is 1.93. The van der Waals surface area contributed by atoms with Crippen molar-refractivity contribution in [3.8, 4) is 0 Å². The van der Waals surface area contributed by atoms with Crippen molar-refractivity contribution >= 4 is 0 Å². The minimum atomic E-state index is -0.201. The van der Waals surface area contributed by atoms with Crippen LogP contribution in [-0.4, -0.2) is 37.5 Å². The van der Waals surface area contributed by atoms with E-state index in [1.54, 1.807) is 7.11 Å². The highest BCUT2D eigenvalue weighted by Gasteiger charge is 2.10. The summed E-state index contributed by atoms with van der Waals surface area (Å²) in [5, 5.41) is 12.8. The average molecular weight is 231 g/mol. The maximum Gasteiger partial charge on any atom is 0.0615 e. The van der Waals surface area contributed by atoms with Gasteiger partial charge in [0.05, 0.1) is 12.7 Å². The van der Waals surface area contributed by atoms with Gasteiger partial charge >= 0.3 is 0 Å². The lowest BCUT2D eigenvalue weighted by atomic mass is 10.0. The van der Waals surface area contributed by atoms with Crippen LogP contribution in [0, 0.1) is 5.92 Å². The first-order chi connectivity index (χ1) is 7.60. The Bertz CT molecular complexity index is 151. The SMILES string of the molecule is CCCCC(COC)NCC(C)CC(C)O. The summed E-state index contributed by atoms with van der Waals surface area (Å²) in [4.78, 5) is 0. The van der Waals surface area contributed by atoms with Gasteiger partial charge in [-0.05, 0) is 32.2 Å². The molecule has 0 amide bonds. The normalized spacial score (nSPS) is 17.1. The predicted molar refractivity (Wildman–Crippen MR) is 68.7 cm³/mol. The predicted octanol–water partition coefficient (Wildman–Crippen LogP) is 2.19. The van der Waals surface area contributed by atoms with E-state index in [1.807, 2.05) is 6.92 Å². The summed E-state index contributed by atoms with van der Waals surface area (Å²) in [6.07, 6.45) is 4.30. The van der Waals surface area contributed by atoms with E-state index >= 15 is 0 Å². The molecule has 0 aromatic heterocycles. The highest BCUT2D eigenvalue weighted by Crippen LogP contribution is 2.06. The Labute approximate surface area is 101 Å². The van der Waals surface area contributed by atoms with Gasteiger partial charge in [-0.2, -0.15) is 0 Å². The van der Waals surface area contributed by atoms with E-state index in [9.17, 15) is 5.11 Å². The summed E-state index contributed by atoms with van der Waals surface area (Å²) >= 11 is 0. The molecule has 0 aliphatic rings. The van der Waals surface area contributed by atoms with Crippen LogP contribution in [0.1, 0.15) is 46.5 Å². The molecule has 3 heteroatoms. The monoisotopic (exact) mass is 231 g/mol. The molecule has 2 N–H and O–H groups in total. The summed E-state index contributed by atoms with van der Waals surface area (Å²) in [6.45, 7) is 7.97. The average Bonchev–Trinajstić information content (AvgIpc) is 2.21. The Hall–Kier alpha value is -0.120. The van der Waals surface area contributed by atoms with Crippen molar-refractivity contribution in [2.45, 2.75) is 58.6 Å². The minimum absolute atomic E-state index is 0.201. The van der Waals surface area contributed by atoms with Crippen LogP contribution in [0.4, 0.5) is 0 Å². The lowest BCUT2D eigenvalue weighted by Gasteiger charge is -2.21. The summed E-state index contributed by atoms with van der Waals surface area (Å²) in [7, 11) is 1.75. The number of ether oxygens (including phenoxy) is 1. The number of nitrogens with one attached hydrogen (secondary N) is 1. The fourth-order valence-corrected chi connectivity index (χ4v) is 1.93. The Kier molecular flexibility index (Phi) is 9.99. The van der Waals surface area contributed by atoms with E-state index in [0.29, 0.717) is 12.0 Å². The Balaban J connectivity index is 3.72. The Morgan fingerprint density at radius 2 is 2.00 bits per heavy atom. The van der Waals surface area contributed by atoms with Crippen molar-refractivity contribution in [3.05, 3.63) is 0 Å². The van der Waals surface area contributed by atoms with Crippen LogP contribution < -0.4 is 5.32 Å². The number of aliphatic hydroxyl groups is 1. The first-order valence-corrected chi connectivity index (χ1v) is 6.50. The third-order valence-electron chi connectivity index (χ3n) is 2.77. The number of aliphatic hydroxyl groups excluding tert-OH is 1. The van der Waals surface area contributed by atoms with E-state index in [4.69, 9.17) is 4.74 Å². The lowest BCUT2D eigenvalue weighted by Crippen LogP contribution is -2.36. The van der Waals surface area contributed by atoms with Crippen molar-refractivity contribution in [2.24, 2.45) is 5.92 Å². The van der Waals surface area contributed by atoms with Crippen molar-refractivity contribution in [3.63, 3.8) is 0 Å².